The molecule has 2 fully saturated rings. The second kappa shape index (κ2) is 12.0. The highest BCUT2D eigenvalue weighted by Gasteiger charge is 2.41. The molecule has 27 heavy (non-hydrogen) atoms. The van der Waals surface area contributed by atoms with E-state index in [4.69, 9.17) is 0 Å². The van der Waals surface area contributed by atoms with Gasteiger partial charge in [0.1, 0.15) is 0 Å². The average molecular weight is 379 g/mol. The molecule has 0 spiro atoms. The first kappa shape index (κ1) is 22.6. The standard InChI is InChI=1S/C24H46N2O/c1-4-5-6-7-8-9-10-11-12-13-14-25-23(27)26-24(3)18-21-15-20(2)16-22(17-21)19-24/h20-22H,4-19H2,1-3H3,(H2,25,26,27). The van der Waals surface area contributed by atoms with Crippen molar-refractivity contribution in [1.82, 2.24) is 10.6 Å². The number of nitrogens with one attached hydrogen (secondary N) is 2. The van der Waals surface area contributed by atoms with Crippen molar-refractivity contribution in [2.24, 2.45) is 17.8 Å². The molecule has 2 N–H and O–H groups in total. The van der Waals surface area contributed by atoms with E-state index in [2.05, 4.69) is 31.4 Å². The number of carbonyl (C=O) groups excluding carboxylic acids is 1. The van der Waals surface area contributed by atoms with Crippen LogP contribution in [0.15, 0.2) is 0 Å². The van der Waals surface area contributed by atoms with E-state index in [1.807, 2.05) is 0 Å². The third-order valence-electron chi connectivity index (χ3n) is 6.85. The molecule has 2 atom stereocenters. The van der Waals surface area contributed by atoms with Crippen LogP contribution in [0.2, 0.25) is 0 Å². The van der Waals surface area contributed by atoms with Gasteiger partial charge >= 0.3 is 6.03 Å². The normalized spacial score (nSPS) is 30.1. The van der Waals surface area contributed by atoms with Gasteiger partial charge < -0.3 is 10.6 Å². The van der Waals surface area contributed by atoms with Gasteiger partial charge in [0.2, 0.25) is 0 Å². The quantitative estimate of drug-likeness (QED) is 0.360. The summed E-state index contributed by atoms with van der Waals surface area (Å²) in [4.78, 5) is 12.3. The first-order chi connectivity index (χ1) is 13.0. The van der Waals surface area contributed by atoms with Crippen molar-refractivity contribution >= 4 is 6.03 Å². The predicted molar refractivity (Wildman–Crippen MR) is 116 cm³/mol. The molecule has 2 saturated carbocycles. The Bertz CT molecular complexity index is 405. The maximum absolute atomic E-state index is 12.3. The van der Waals surface area contributed by atoms with Gasteiger partial charge in [-0.3, -0.25) is 0 Å². The van der Waals surface area contributed by atoms with E-state index in [9.17, 15) is 4.79 Å². The van der Waals surface area contributed by atoms with Crippen LogP contribution >= 0.6 is 0 Å². The molecule has 0 saturated heterocycles. The molecule has 2 bridgehead atoms. The van der Waals surface area contributed by atoms with Crippen LogP contribution in [-0.2, 0) is 0 Å². The summed E-state index contributed by atoms with van der Waals surface area (Å²) in [7, 11) is 0. The number of carbonyl (C=O) groups is 1. The van der Waals surface area contributed by atoms with E-state index >= 15 is 0 Å². The van der Waals surface area contributed by atoms with Crippen molar-refractivity contribution in [2.45, 2.75) is 123 Å². The largest absolute Gasteiger partial charge is 0.338 e. The van der Waals surface area contributed by atoms with Crippen molar-refractivity contribution in [3.05, 3.63) is 0 Å². The summed E-state index contributed by atoms with van der Waals surface area (Å²) in [5.74, 6) is 2.52. The number of fused-ring (bicyclic) bond motifs is 2. The summed E-state index contributed by atoms with van der Waals surface area (Å²) in [6.07, 6.45) is 19.8. The molecule has 2 rings (SSSR count). The highest BCUT2D eigenvalue weighted by atomic mass is 16.2. The minimum Gasteiger partial charge on any atom is -0.338 e. The van der Waals surface area contributed by atoms with Crippen molar-refractivity contribution in [1.29, 1.82) is 0 Å². The molecule has 0 aromatic heterocycles. The van der Waals surface area contributed by atoms with Gasteiger partial charge in [0, 0.05) is 12.1 Å². The second-order valence-corrected chi connectivity index (χ2v) is 10.1. The number of amides is 2. The molecule has 3 nitrogen and oxygen atoms in total. The maximum atomic E-state index is 12.3. The highest BCUT2D eigenvalue weighted by Crippen LogP contribution is 2.46. The third kappa shape index (κ3) is 8.87. The monoisotopic (exact) mass is 378 g/mol. The molecule has 2 unspecified atom stereocenters. The topological polar surface area (TPSA) is 41.1 Å². The minimum atomic E-state index is 0.00951. The Labute approximate surface area is 168 Å². The van der Waals surface area contributed by atoms with Crippen molar-refractivity contribution in [2.75, 3.05) is 6.54 Å². The van der Waals surface area contributed by atoms with Crippen LogP contribution in [0, 0.1) is 17.8 Å². The minimum absolute atomic E-state index is 0.00951. The fourth-order valence-corrected chi connectivity index (χ4v) is 5.82. The van der Waals surface area contributed by atoms with Crippen LogP contribution in [0.3, 0.4) is 0 Å². The van der Waals surface area contributed by atoms with E-state index in [1.165, 1.54) is 89.9 Å². The molecule has 0 heterocycles. The van der Waals surface area contributed by atoms with Crippen molar-refractivity contribution < 1.29 is 4.79 Å². The van der Waals surface area contributed by atoms with Crippen LogP contribution in [0.1, 0.15) is 117 Å². The summed E-state index contributed by atoms with van der Waals surface area (Å²) in [5, 5.41) is 6.43. The van der Waals surface area contributed by atoms with Gasteiger partial charge in [0.15, 0.2) is 0 Å². The summed E-state index contributed by atoms with van der Waals surface area (Å²) in [6.45, 7) is 7.76. The van der Waals surface area contributed by atoms with Crippen LogP contribution in [0.25, 0.3) is 0 Å². The summed E-state index contributed by atoms with van der Waals surface area (Å²) in [5.41, 5.74) is 0.00951. The number of hydrogen-bond donors (Lipinski definition) is 2. The van der Waals surface area contributed by atoms with Gasteiger partial charge in [-0.1, -0.05) is 71.6 Å². The van der Waals surface area contributed by atoms with Gasteiger partial charge in [-0.25, -0.2) is 4.79 Å². The van der Waals surface area contributed by atoms with Crippen molar-refractivity contribution in [3.63, 3.8) is 0 Å². The van der Waals surface area contributed by atoms with E-state index in [0.717, 1.165) is 30.7 Å². The molecule has 3 heteroatoms. The molecule has 0 aliphatic heterocycles. The van der Waals surface area contributed by atoms with E-state index in [0.29, 0.717) is 0 Å². The lowest BCUT2D eigenvalue weighted by atomic mass is 9.63. The Morgan fingerprint density at radius 1 is 0.852 bits per heavy atom. The number of urea groups is 1. The lowest BCUT2D eigenvalue weighted by molar-refractivity contribution is 0.0784. The van der Waals surface area contributed by atoms with Gasteiger partial charge in [0.25, 0.3) is 0 Å². The highest BCUT2D eigenvalue weighted by molar-refractivity contribution is 5.74. The van der Waals surface area contributed by atoms with Gasteiger partial charge in [-0.15, -0.1) is 0 Å². The predicted octanol–water partition coefficient (Wildman–Crippen LogP) is 6.81. The molecular weight excluding hydrogens is 332 g/mol. The lowest BCUT2D eigenvalue weighted by Gasteiger charge is -2.47. The van der Waals surface area contributed by atoms with Gasteiger partial charge in [-0.05, 0) is 63.2 Å². The molecule has 2 aliphatic carbocycles. The maximum Gasteiger partial charge on any atom is 0.315 e. The zero-order chi connectivity index (χ0) is 19.5. The molecule has 2 aliphatic rings. The van der Waals surface area contributed by atoms with Gasteiger partial charge in [0.05, 0.1) is 0 Å². The second-order valence-electron chi connectivity index (χ2n) is 10.1. The number of rotatable bonds is 12. The van der Waals surface area contributed by atoms with Crippen molar-refractivity contribution in [3.8, 4) is 0 Å². The first-order valence-electron chi connectivity index (χ1n) is 12.1. The van der Waals surface area contributed by atoms with Crippen LogP contribution in [0.5, 0.6) is 0 Å². The summed E-state index contributed by atoms with van der Waals surface area (Å²) >= 11 is 0. The SMILES string of the molecule is CCCCCCCCCCCCNC(=O)NC1(C)CC2CC(C)CC(C2)C1. The first-order valence-corrected chi connectivity index (χ1v) is 12.1. The summed E-state index contributed by atoms with van der Waals surface area (Å²) < 4.78 is 0. The molecule has 0 aromatic rings. The number of unbranched alkanes of at least 4 members (excludes halogenated alkanes) is 9. The molecule has 0 aromatic carbocycles. The zero-order valence-electron chi connectivity index (χ0n) is 18.5. The summed E-state index contributed by atoms with van der Waals surface area (Å²) in [6, 6.07) is 0.0569. The Balaban J connectivity index is 1.48. The van der Waals surface area contributed by atoms with Crippen LogP contribution in [0.4, 0.5) is 4.79 Å². The van der Waals surface area contributed by atoms with E-state index < -0.39 is 0 Å². The van der Waals surface area contributed by atoms with E-state index in [1.54, 1.807) is 0 Å². The van der Waals surface area contributed by atoms with Crippen LogP contribution < -0.4 is 10.6 Å². The lowest BCUT2D eigenvalue weighted by Crippen LogP contribution is -2.55. The smallest absolute Gasteiger partial charge is 0.315 e. The van der Waals surface area contributed by atoms with Crippen LogP contribution in [-0.4, -0.2) is 18.1 Å². The Morgan fingerprint density at radius 2 is 1.37 bits per heavy atom. The number of hydrogen-bond acceptors (Lipinski definition) is 1. The average Bonchev–Trinajstić information content (AvgIpc) is 2.58. The molecular formula is C24H46N2O. The third-order valence-corrected chi connectivity index (χ3v) is 6.85. The Hall–Kier alpha value is -0.730. The Kier molecular flexibility index (Phi) is 10.00. The fourth-order valence-electron chi connectivity index (χ4n) is 5.82. The molecule has 158 valence electrons. The zero-order valence-corrected chi connectivity index (χ0v) is 18.5. The molecule has 2 amide bonds. The molecule has 0 radical (unpaired) electrons. The van der Waals surface area contributed by atoms with E-state index in [-0.39, 0.29) is 11.6 Å². The Morgan fingerprint density at radius 3 is 1.93 bits per heavy atom. The van der Waals surface area contributed by atoms with Gasteiger partial charge in [-0.2, -0.15) is 0 Å². The fraction of sp³-hybridized carbons (Fsp3) is 0.958.